The van der Waals surface area contributed by atoms with Crippen LogP contribution in [0.2, 0.25) is 0 Å². The van der Waals surface area contributed by atoms with E-state index in [1.807, 2.05) is 0 Å². The van der Waals surface area contributed by atoms with Crippen molar-refractivity contribution in [1.82, 2.24) is 5.32 Å². The lowest BCUT2D eigenvalue weighted by Gasteiger charge is -2.25. The number of fused-ring (bicyclic) bond motifs is 1. The van der Waals surface area contributed by atoms with Gasteiger partial charge in [-0.25, -0.2) is 0 Å². The zero-order valence-electron chi connectivity index (χ0n) is 9.14. The van der Waals surface area contributed by atoms with Crippen LogP contribution in [0.3, 0.4) is 0 Å². The van der Waals surface area contributed by atoms with Gasteiger partial charge in [0.1, 0.15) is 0 Å². The van der Waals surface area contributed by atoms with E-state index in [2.05, 4.69) is 37.4 Å². The summed E-state index contributed by atoms with van der Waals surface area (Å²) in [6.07, 6.45) is 3.58. The van der Waals surface area contributed by atoms with E-state index in [1.165, 1.54) is 24.0 Å². The highest BCUT2D eigenvalue weighted by Crippen LogP contribution is 2.19. The van der Waals surface area contributed by atoms with Crippen molar-refractivity contribution in [2.75, 3.05) is 0 Å². The van der Waals surface area contributed by atoms with Crippen LogP contribution in [0.1, 0.15) is 37.0 Å². The second-order valence-electron chi connectivity index (χ2n) is 4.15. The van der Waals surface area contributed by atoms with Crippen LogP contribution in [0.25, 0.3) is 0 Å². The maximum atomic E-state index is 3.58. The molecule has 1 aromatic carbocycles. The maximum Gasteiger partial charge on any atom is 0.0211 e. The molecule has 2 rings (SSSR count). The van der Waals surface area contributed by atoms with Crippen molar-refractivity contribution in [3.63, 3.8) is 0 Å². The number of hydrogen-bond donors (Lipinski definition) is 1. The molecule has 1 aromatic rings. The monoisotopic (exact) mass is 189 g/mol. The van der Waals surface area contributed by atoms with Crippen molar-refractivity contribution in [2.45, 2.75) is 45.7 Å². The fraction of sp³-hybridized carbons (Fsp3) is 0.538. The van der Waals surface area contributed by atoms with Crippen molar-refractivity contribution in [1.29, 1.82) is 0 Å². The van der Waals surface area contributed by atoms with Gasteiger partial charge in [-0.1, -0.05) is 32.0 Å². The second kappa shape index (κ2) is 4.14. The van der Waals surface area contributed by atoms with E-state index >= 15 is 0 Å². The molecule has 0 radical (unpaired) electrons. The summed E-state index contributed by atoms with van der Waals surface area (Å²) in [5.74, 6) is 0. The van der Waals surface area contributed by atoms with Crippen molar-refractivity contribution >= 4 is 0 Å². The van der Waals surface area contributed by atoms with E-state index in [9.17, 15) is 0 Å². The molecule has 0 amide bonds. The zero-order valence-corrected chi connectivity index (χ0v) is 9.14. The van der Waals surface area contributed by atoms with Crippen molar-refractivity contribution in [3.05, 3.63) is 34.9 Å². The average molecular weight is 189 g/mol. The molecule has 1 unspecified atom stereocenters. The highest BCUT2D eigenvalue weighted by atomic mass is 14.9. The largest absolute Gasteiger partial charge is 0.310 e. The molecule has 1 nitrogen and oxygen atoms in total. The molecule has 0 aromatic heterocycles. The SMILES string of the molecule is CCc1ccc2c(c1)CNC(CC)C2. The molecule has 1 aliphatic rings. The fourth-order valence-electron chi connectivity index (χ4n) is 2.14. The maximum absolute atomic E-state index is 3.58. The summed E-state index contributed by atoms with van der Waals surface area (Å²) in [6.45, 7) is 5.53. The Morgan fingerprint density at radius 3 is 2.86 bits per heavy atom. The van der Waals surface area contributed by atoms with E-state index in [-0.39, 0.29) is 0 Å². The van der Waals surface area contributed by atoms with Gasteiger partial charge >= 0.3 is 0 Å². The van der Waals surface area contributed by atoms with Gasteiger partial charge < -0.3 is 5.32 Å². The molecule has 1 N–H and O–H groups in total. The van der Waals surface area contributed by atoms with Crippen LogP contribution in [0.4, 0.5) is 0 Å². The Bertz CT molecular complexity index is 317. The van der Waals surface area contributed by atoms with Crippen molar-refractivity contribution in [2.24, 2.45) is 0 Å². The van der Waals surface area contributed by atoms with Gasteiger partial charge in [-0.05, 0) is 36.0 Å². The van der Waals surface area contributed by atoms with Gasteiger partial charge in [0, 0.05) is 12.6 Å². The topological polar surface area (TPSA) is 12.0 Å². The number of rotatable bonds is 2. The molecule has 0 bridgehead atoms. The van der Waals surface area contributed by atoms with Crippen LogP contribution in [-0.4, -0.2) is 6.04 Å². The second-order valence-corrected chi connectivity index (χ2v) is 4.15. The fourth-order valence-corrected chi connectivity index (χ4v) is 2.14. The van der Waals surface area contributed by atoms with Gasteiger partial charge in [-0.2, -0.15) is 0 Å². The van der Waals surface area contributed by atoms with Gasteiger partial charge in [0.05, 0.1) is 0 Å². The lowest BCUT2D eigenvalue weighted by molar-refractivity contribution is 0.467. The summed E-state index contributed by atoms with van der Waals surface area (Å²) in [7, 11) is 0. The van der Waals surface area contributed by atoms with Crippen LogP contribution in [0, 0.1) is 0 Å². The minimum Gasteiger partial charge on any atom is -0.310 e. The molecule has 1 heteroatoms. The van der Waals surface area contributed by atoms with E-state index < -0.39 is 0 Å². The van der Waals surface area contributed by atoms with Crippen LogP contribution < -0.4 is 5.32 Å². The first-order valence-corrected chi connectivity index (χ1v) is 5.67. The standard InChI is InChI=1S/C13H19N/c1-3-10-5-6-11-8-13(4-2)14-9-12(11)7-10/h5-7,13-14H,3-4,8-9H2,1-2H3. The Labute approximate surface area is 86.5 Å². The Kier molecular flexibility index (Phi) is 2.87. The average Bonchev–Trinajstić information content (AvgIpc) is 2.27. The molecule has 1 heterocycles. The van der Waals surface area contributed by atoms with Crippen molar-refractivity contribution < 1.29 is 0 Å². The summed E-state index contributed by atoms with van der Waals surface area (Å²) >= 11 is 0. The predicted octanol–water partition coefficient (Wildman–Crippen LogP) is 2.67. The molecule has 0 saturated carbocycles. The molecular weight excluding hydrogens is 170 g/mol. The van der Waals surface area contributed by atoms with Crippen LogP contribution in [-0.2, 0) is 19.4 Å². The lowest BCUT2D eigenvalue weighted by atomic mass is 9.93. The van der Waals surface area contributed by atoms with Crippen LogP contribution in [0.15, 0.2) is 18.2 Å². The van der Waals surface area contributed by atoms with E-state index in [0.29, 0.717) is 6.04 Å². The Morgan fingerprint density at radius 1 is 1.29 bits per heavy atom. The van der Waals surface area contributed by atoms with Crippen molar-refractivity contribution in [3.8, 4) is 0 Å². The Balaban J connectivity index is 2.23. The van der Waals surface area contributed by atoms with Crippen LogP contribution >= 0.6 is 0 Å². The molecule has 1 atom stereocenters. The van der Waals surface area contributed by atoms with E-state index in [0.717, 1.165) is 13.0 Å². The quantitative estimate of drug-likeness (QED) is 0.754. The molecule has 1 aliphatic heterocycles. The smallest absolute Gasteiger partial charge is 0.0211 e. The third kappa shape index (κ3) is 1.83. The van der Waals surface area contributed by atoms with Crippen LogP contribution in [0.5, 0.6) is 0 Å². The molecule has 0 saturated heterocycles. The third-order valence-electron chi connectivity index (χ3n) is 3.22. The van der Waals surface area contributed by atoms with Gasteiger partial charge in [0.15, 0.2) is 0 Å². The van der Waals surface area contributed by atoms with E-state index in [1.54, 1.807) is 5.56 Å². The Morgan fingerprint density at radius 2 is 2.14 bits per heavy atom. The first-order chi connectivity index (χ1) is 6.83. The summed E-state index contributed by atoms with van der Waals surface area (Å²) in [5, 5.41) is 3.58. The highest BCUT2D eigenvalue weighted by Gasteiger charge is 2.15. The molecular formula is C13H19N. The molecule has 0 spiro atoms. The number of benzene rings is 1. The van der Waals surface area contributed by atoms with Gasteiger partial charge in [0.25, 0.3) is 0 Å². The first kappa shape index (κ1) is 9.72. The molecule has 76 valence electrons. The third-order valence-corrected chi connectivity index (χ3v) is 3.22. The summed E-state index contributed by atoms with van der Waals surface area (Å²) in [5.41, 5.74) is 4.52. The summed E-state index contributed by atoms with van der Waals surface area (Å²) < 4.78 is 0. The number of nitrogens with one attached hydrogen (secondary N) is 1. The Hall–Kier alpha value is -0.820. The lowest BCUT2D eigenvalue weighted by Crippen LogP contribution is -2.34. The van der Waals surface area contributed by atoms with Gasteiger partial charge in [0.2, 0.25) is 0 Å². The van der Waals surface area contributed by atoms with Gasteiger partial charge in [-0.15, -0.1) is 0 Å². The normalized spacial score (nSPS) is 20.6. The minimum atomic E-state index is 0.690. The highest BCUT2D eigenvalue weighted by molar-refractivity contribution is 5.34. The minimum absolute atomic E-state index is 0.690. The zero-order chi connectivity index (χ0) is 9.97. The number of hydrogen-bond acceptors (Lipinski definition) is 1. The first-order valence-electron chi connectivity index (χ1n) is 5.67. The predicted molar refractivity (Wildman–Crippen MR) is 60.4 cm³/mol. The molecule has 14 heavy (non-hydrogen) atoms. The summed E-state index contributed by atoms with van der Waals surface area (Å²) in [4.78, 5) is 0. The number of aryl methyl sites for hydroxylation is 1. The van der Waals surface area contributed by atoms with E-state index in [4.69, 9.17) is 0 Å². The molecule has 0 aliphatic carbocycles. The van der Waals surface area contributed by atoms with Gasteiger partial charge in [-0.3, -0.25) is 0 Å². The molecule has 0 fully saturated rings. The summed E-state index contributed by atoms with van der Waals surface area (Å²) in [6, 6.07) is 7.64.